The number of nitrogens with one attached hydrogen (secondary N) is 2. The Hall–Kier alpha value is -2.28. The molecule has 0 bridgehead atoms. The summed E-state index contributed by atoms with van der Waals surface area (Å²) < 4.78 is 28.0. The predicted octanol–water partition coefficient (Wildman–Crippen LogP) is 3.04. The second kappa shape index (κ2) is 8.61. The van der Waals surface area contributed by atoms with Gasteiger partial charge >= 0.3 is 0 Å². The Morgan fingerprint density at radius 1 is 1.07 bits per heavy atom. The Morgan fingerprint density at radius 3 is 2.70 bits per heavy atom. The summed E-state index contributed by atoms with van der Waals surface area (Å²) >= 11 is 0. The van der Waals surface area contributed by atoms with Crippen LogP contribution in [0, 0.1) is 6.92 Å². The summed E-state index contributed by atoms with van der Waals surface area (Å²) in [5.41, 5.74) is 2.59. The van der Waals surface area contributed by atoms with Gasteiger partial charge in [0, 0.05) is 30.4 Å². The minimum atomic E-state index is -3.56. The third-order valence-corrected chi connectivity index (χ3v) is 6.15. The minimum Gasteiger partial charge on any atom is -0.315 e. The Labute approximate surface area is 160 Å². The molecule has 2 N–H and O–H groups in total. The average Bonchev–Trinajstić information content (AvgIpc) is 2.66. The minimum absolute atomic E-state index is 0.208. The van der Waals surface area contributed by atoms with E-state index in [1.54, 1.807) is 30.6 Å². The standard InChI is InChI=1S/C21H25N3O2S/c1-16-5-3-4-6-18(16)9-11-22-14-17(2)24-27(25,26)21-8-7-20-15-23-12-10-19(20)13-21/h3-8,10,12-13,15,17,22,24H,9,11,14H2,1-2H3. The molecule has 0 spiro atoms. The van der Waals surface area contributed by atoms with E-state index in [-0.39, 0.29) is 10.9 Å². The van der Waals surface area contributed by atoms with E-state index in [1.165, 1.54) is 11.1 Å². The molecule has 0 amide bonds. The summed E-state index contributed by atoms with van der Waals surface area (Å²) in [6.45, 7) is 5.34. The van der Waals surface area contributed by atoms with Crippen molar-refractivity contribution in [2.24, 2.45) is 0 Å². The summed E-state index contributed by atoms with van der Waals surface area (Å²) in [6, 6.07) is 15.0. The first kappa shape index (κ1) is 19.5. The monoisotopic (exact) mass is 383 g/mol. The molecule has 1 atom stereocenters. The smallest absolute Gasteiger partial charge is 0.240 e. The molecule has 6 heteroatoms. The maximum absolute atomic E-state index is 12.6. The van der Waals surface area contributed by atoms with Crippen LogP contribution in [-0.2, 0) is 16.4 Å². The van der Waals surface area contributed by atoms with E-state index >= 15 is 0 Å². The van der Waals surface area contributed by atoms with Crippen LogP contribution in [0.4, 0.5) is 0 Å². The first-order valence-electron chi connectivity index (χ1n) is 9.07. The van der Waals surface area contributed by atoms with E-state index in [2.05, 4.69) is 34.1 Å². The molecular formula is C21H25N3O2S. The topological polar surface area (TPSA) is 71.1 Å². The van der Waals surface area contributed by atoms with E-state index in [1.807, 2.05) is 25.1 Å². The average molecular weight is 384 g/mol. The lowest BCUT2D eigenvalue weighted by atomic mass is 10.1. The van der Waals surface area contributed by atoms with Crippen LogP contribution in [0.5, 0.6) is 0 Å². The summed E-state index contributed by atoms with van der Waals surface area (Å²) in [5, 5.41) is 5.11. The largest absolute Gasteiger partial charge is 0.315 e. The van der Waals surface area contributed by atoms with Crippen LogP contribution in [0.15, 0.2) is 65.8 Å². The summed E-state index contributed by atoms with van der Waals surface area (Å²) in [6.07, 6.45) is 4.30. The van der Waals surface area contributed by atoms with Gasteiger partial charge in [0.1, 0.15) is 0 Å². The van der Waals surface area contributed by atoms with Crippen molar-refractivity contribution in [2.45, 2.75) is 31.2 Å². The quantitative estimate of drug-likeness (QED) is 0.587. The normalized spacial score (nSPS) is 13.0. The molecule has 3 rings (SSSR count). The van der Waals surface area contributed by atoms with E-state index in [0.29, 0.717) is 6.54 Å². The van der Waals surface area contributed by atoms with Gasteiger partial charge in [-0.05, 0) is 61.5 Å². The van der Waals surface area contributed by atoms with Crippen molar-refractivity contribution >= 4 is 20.8 Å². The fourth-order valence-corrected chi connectivity index (χ4v) is 4.31. The fourth-order valence-electron chi connectivity index (χ4n) is 3.04. The number of sulfonamides is 1. The molecule has 3 aromatic rings. The Morgan fingerprint density at radius 2 is 1.89 bits per heavy atom. The van der Waals surface area contributed by atoms with Crippen molar-refractivity contribution in [3.8, 4) is 0 Å². The van der Waals surface area contributed by atoms with Gasteiger partial charge in [-0.15, -0.1) is 0 Å². The molecule has 1 heterocycles. The van der Waals surface area contributed by atoms with Gasteiger partial charge in [0.2, 0.25) is 10.0 Å². The number of aryl methyl sites for hydroxylation is 1. The van der Waals surface area contributed by atoms with Crippen molar-refractivity contribution in [2.75, 3.05) is 13.1 Å². The number of pyridine rings is 1. The van der Waals surface area contributed by atoms with Crippen LogP contribution in [0.3, 0.4) is 0 Å². The Bertz CT molecular complexity index is 1020. The van der Waals surface area contributed by atoms with E-state index in [4.69, 9.17) is 0 Å². The fraction of sp³-hybridized carbons (Fsp3) is 0.286. The van der Waals surface area contributed by atoms with Crippen LogP contribution in [0.25, 0.3) is 10.8 Å². The van der Waals surface area contributed by atoms with Crippen LogP contribution >= 0.6 is 0 Å². The summed E-state index contributed by atoms with van der Waals surface area (Å²) in [4.78, 5) is 4.32. The lowest BCUT2D eigenvalue weighted by Crippen LogP contribution is -2.40. The molecule has 1 unspecified atom stereocenters. The van der Waals surface area contributed by atoms with Crippen LogP contribution in [0.2, 0.25) is 0 Å². The van der Waals surface area contributed by atoms with Gasteiger partial charge in [-0.2, -0.15) is 0 Å². The number of hydrogen-bond donors (Lipinski definition) is 2. The third-order valence-electron chi connectivity index (χ3n) is 4.56. The molecule has 142 valence electrons. The molecule has 27 heavy (non-hydrogen) atoms. The van der Waals surface area contributed by atoms with E-state index < -0.39 is 10.0 Å². The number of aromatic nitrogens is 1. The first-order valence-corrected chi connectivity index (χ1v) is 10.6. The maximum atomic E-state index is 12.6. The van der Waals surface area contributed by atoms with Crippen molar-refractivity contribution in [3.05, 3.63) is 72.1 Å². The van der Waals surface area contributed by atoms with Crippen LogP contribution in [-0.4, -0.2) is 32.5 Å². The van der Waals surface area contributed by atoms with Gasteiger partial charge in [-0.3, -0.25) is 4.98 Å². The van der Waals surface area contributed by atoms with Crippen molar-refractivity contribution in [3.63, 3.8) is 0 Å². The highest BCUT2D eigenvalue weighted by Crippen LogP contribution is 2.18. The number of fused-ring (bicyclic) bond motifs is 1. The highest BCUT2D eigenvalue weighted by atomic mass is 32.2. The first-order chi connectivity index (χ1) is 13.0. The zero-order valence-electron chi connectivity index (χ0n) is 15.6. The van der Waals surface area contributed by atoms with Crippen molar-refractivity contribution < 1.29 is 8.42 Å². The molecule has 0 saturated carbocycles. The van der Waals surface area contributed by atoms with Crippen molar-refractivity contribution in [1.29, 1.82) is 0 Å². The highest BCUT2D eigenvalue weighted by molar-refractivity contribution is 7.89. The van der Waals surface area contributed by atoms with Gasteiger partial charge in [0.05, 0.1) is 4.90 Å². The van der Waals surface area contributed by atoms with E-state index in [0.717, 1.165) is 23.7 Å². The van der Waals surface area contributed by atoms with Gasteiger partial charge in [0.25, 0.3) is 0 Å². The summed E-state index contributed by atoms with van der Waals surface area (Å²) in [5.74, 6) is 0. The maximum Gasteiger partial charge on any atom is 0.240 e. The summed E-state index contributed by atoms with van der Waals surface area (Å²) in [7, 11) is -3.56. The van der Waals surface area contributed by atoms with Crippen LogP contribution < -0.4 is 10.0 Å². The van der Waals surface area contributed by atoms with Gasteiger partial charge < -0.3 is 5.32 Å². The molecule has 0 fully saturated rings. The Balaban J connectivity index is 1.54. The van der Waals surface area contributed by atoms with Gasteiger partial charge in [0.15, 0.2) is 0 Å². The van der Waals surface area contributed by atoms with Gasteiger partial charge in [-0.25, -0.2) is 13.1 Å². The number of hydrogen-bond acceptors (Lipinski definition) is 4. The Kier molecular flexibility index (Phi) is 6.21. The molecule has 0 radical (unpaired) electrons. The number of nitrogens with zero attached hydrogens (tertiary/aromatic N) is 1. The molecular weight excluding hydrogens is 358 g/mol. The molecule has 5 nitrogen and oxygen atoms in total. The van der Waals surface area contributed by atoms with Crippen molar-refractivity contribution in [1.82, 2.24) is 15.0 Å². The highest BCUT2D eigenvalue weighted by Gasteiger charge is 2.17. The zero-order valence-corrected chi connectivity index (χ0v) is 16.5. The predicted molar refractivity (Wildman–Crippen MR) is 109 cm³/mol. The molecule has 0 aliphatic carbocycles. The second-order valence-corrected chi connectivity index (χ2v) is 8.50. The molecule has 0 aliphatic rings. The number of rotatable bonds is 8. The molecule has 2 aromatic carbocycles. The van der Waals surface area contributed by atoms with E-state index in [9.17, 15) is 8.42 Å². The number of benzene rings is 2. The second-order valence-electron chi connectivity index (χ2n) is 6.79. The molecule has 0 saturated heterocycles. The molecule has 1 aromatic heterocycles. The SMILES string of the molecule is Cc1ccccc1CCNCC(C)NS(=O)(=O)c1ccc2cnccc2c1. The van der Waals surface area contributed by atoms with Crippen LogP contribution in [0.1, 0.15) is 18.1 Å². The molecule has 0 aliphatic heterocycles. The third kappa shape index (κ3) is 5.13. The lowest BCUT2D eigenvalue weighted by molar-refractivity contribution is 0.537. The van der Waals surface area contributed by atoms with Gasteiger partial charge in [-0.1, -0.05) is 30.3 Å². The zero-order chi connectivity index (χ0) is 19.3. The lowest BCUT2D eigenvalue weighted by Gasteiger charge is -2.16.